The van der Waals surface area contributed by atoms with Crippen LogP contribution in [0, 0.1) is 0 Å². The number of rotatable bonds is 7. The molecule has 3 aromatic heterocycles. The minimum atomic E-state index is -3.58. The van der Waals surface area contributed by atoms with Crippen molar-refractivity contribution in [3.05, 3.63) is 54.6 Å². The number of aromatic amines is 1. The van der Waals surface area contributed by atoms with Crippen LogP contribution in [-0.4, -0.2) is 40.8 Å². The standard InChI is InChI=1S/C17H20N4O2S/c1-2-11-21(12-8-14-6-3-4-9-18-14)24(22,23)16-13-20-17-15(16)7-5-10-19-17/h3-7,9-10,13H,2,8,11-12H2,1H3,(H,19,20). The van der Waals surface area contributed by atoms with Gasteiger partial charge in [0.05, 0.1) is 0 Å². The molecule has 3 heterocycles. The van der Waals surface area contributed by atoms with E-state index in [0.717, 1.165) is 12.1 Å². The predicted molar refractivity (Wildman–Crippen MR) is 93.1 cm³/mol. The van der Waals surface area contributed by atoms with E-state index in [1.54, 1.807) is 24.5 Å². The summed E-state index contributed by atoms with van der Waals surface area (Å²) in [5.74, 6) is 0. The van der Waals surface area contributed by atoms with Crippen molar-refractivity contribution >= 4 is 21.1 Å². The third kappa shape index (κ3) is 3.32. The highest BCUT2D eigenvalue weighted by molar-refractivity contribution is 7.89. The second-order valence-electron chi connectivity index (χ2n) is 5.53. The van der Waals surface area contributed by atoms with E-state index in [4.69, 9.17) is 0 Å². The van der Waals surface area contributed by atoms with Crippen LogP contribution in [-0.2, 0) is 16.4 Å². The SMILES string of the molecule is CCCN(CCc1ccccn1)S(=O)(=O)c1c[nH]c2ncccc12. The van der Waals surface area contributed by atoms with E-state index in [9.17, 15) is 8.42 Å². The molecule has 3 rings (SSSR count). The van der Waals surface area contributed by atoms with Crippen molar-refractivity contribution in [2.75, 3.05) is 13.1 Å². The predicted octanol–water partition coefficient (Wildman–Crippen LogP) is 2.60. The highest BCUT2D eigenvalue weighted by Crippen LogP contribution is 2.24. The van der Waals surface area contributed by atoms with Gasteiger partial charge in [-0.3, -0.25) is 4.98 Å². The molecule has 1 N–H and O–H groups in total. The number of pyridine rings is 2. The van der Waals surface area contributed by atoms with Gasteiger partial charge in [-0.15, -0.1) is 0 Å². The van der Waals surface area contributed by atoms with Gasteiger partial charge in [0.2, 0.25) is 10.0 Å². The summed E-state index contributed by atoms with van der Waals surface area (Å²) in [5.41, 5.74) is 1.46. The number of fused-ring (bicyclic) bond motifs is 1. The number of hydrogen-bond donors (Lipinski definition) is 1. The number of hydrogen-bond acceptors (Lipinski definition) is 4. The van der Waals surface area contributed by atoms with Crippen molar-refractivity contribution < 1.29 is 8.42 Å². The van der Waals surface area contributed by atoms with Crippen molar-refractivity contribution in [1.29, 1.82) is 0 Å². The van der Waals surface area contributed by atoms with E-state index in [-0.39, 0.29) is 4.90 Å². The van der Waals surface area contributed by atoms with Crippen LogP contribution in [0.2, 0.25) is 0 Å². The van der Waals surface area contributed by atoms with Crippen LogP contribution in [0.3, 0.4) is 0 Å². The molecule has 24 heavy (non-hydrogen) atoms. The molecule has 0 aliphatic heterocycles. The Balaban J connectivity index is 1.89. The molecule has 0 atom stereocenters. The van der Waals surface area contributed by atoms with Gasteiger partial charge >= 0.3 is 0 Å². The van der Waals surface area contributed by atoms with Gasteiger partial charge in [0.25, 0.3) is 0 Å². The van der Waals surface area contributed by atoms with Crippen LogP contribution < -0.4 is 0 Å². The molecule has 0 amide bonds. The quantitative estimate of drug-likeness (QED) is 0.714. The van der Waals surface area contributed by atoms with E-state index in [0.29, 0.717) is 30.5 Å². The minimum Gasteiger partial charge on any atom is -0.345 e. The Morgan fingerprint density at radius 2 is 1.92 bits per heavy atom. The summed E-state index contributed by atoms with van der Waals surface area (Å²) in [6.07, 6.45) is 6.22. The first-order valence-corrected chi connectivity index (χ1v) is 9.39. The zero-order chi connectivity index (χ0) is 17.0. The molecular formula is C17H20N4O2S. The molecule has 0 radical (unpaired) electrons. The maximum absolute atomic E-state index is 13.1. The maximum Gasteiger partial charge on any atom is 0.245 e. The first kappa shape index (κ1) is 16.6. The Kier molecular flexibility index (Phi) is 4.92. The normalized spacial score (nSPS) is 12.1. The molecule has 0 aliphatic carbocycles. The summed E-state index contributed by atoms with van der Waals surface area (Å²) in [6.45, 7) is 2.85. The van der Waals surface area contributed by atoms with Crippen molar-refractivity contribution in [2.24, 2.45) is 0 Å². The van der Waals surface area contributed by atoms with Gasteiger partial charge in [-0.05, 0) is 30.7 Å². The number of aromatic nitrogens is 3. The lowest BCUT2D eigenvalue weighted by Gasteiger charge is -2.21. The van der Waals surface area contributed by atoms with Crippen LogP contribution in [0.5, 0.6) is 0 Å². The van der Waals surface area contributed by atoms with Gasteiger partial charge in [-0.1, -0.05) is 13.0 Å². The van der Waals surface area contributed by atoms with E-state index in [1.165, 1.54) is 10.5 Å². The Morgan fingerprint density at radius 3 is 2.67 bits per heavy atom. The first-order chi connectivity index (χ1) is 11.6. The molecule has 7 heteroatoms. The van der Waals surface area contributed by atoms with Gasteiger partial charge in [0.1, 0.15) is 10.5 Å². The summed E-state index contributed by atoms with van der Waals surface area (Å²) >= 11 is 0. The summed E-state index contributed by atoms with van der Waals surface area (Å²) in [4.78, 5) is 11.6. The van der Waals surface area contributed by atoms with Crippen molar-refractivity contribution in [1.82, 2.24) is 19.3 Å². The van der Waals surface area contributed by atoms with Gasteiger partial charge in [0, 0.05) is 49.2 Å². The minimum absolute atomic E-state index is 0.278. The lowest BCUT2D eigenvalue weighted by molar-refractivity contribution is 0.413. The van der Waals surface area contributed by atoms with Gasteiger partial charge < -0.3 is 4.98 Å². The fourth-order valence-corrected chi connectivity index (χ4v) is 4.35. The molecule has 126 valence electrons. The smallest absolute Gasteiger partial charge is 0.245 e. The molecule has 0 fully saturated rings. The Labute approximate surface area is 141 Å². The highest BCUT2D eigenvalue weighted by atomic mass is 32.2. The largest absolute Gasteiger partial charge is 0.345 e. The first-order valence-electron chi connectivity index (χ1n) is 7.95. The number of nitrogens with one attached hydrogen (secondary N) is 1. The zero-order valence-electron chi connectivity index (χ0n) is 13.5. The molecule has 0 saturated carbocycles. The topological polar surface area (TPSA) is 79.0 Å². The van der Waals surface area contributed by atoms with Crippen LogP contribution in [0.4, 0.5) is 0 Å². The van der Waals surface area contributed by atoms with E-state index >= 15 is 0 Å². The summed E-state index contributed by atoms with van der Waals surface area (Å²) in [5, 5.41) is 0.622. The molecule has 0 unspecified atom stereocenters. The highest BCUT2D eigenvalue weighted by Gasteiger charge is 2.26. The molecule has 0 bridgehead atoms. The third-order valence-corrected chi connectivity index (χ3v) is 5.79. The molecule has 3 aromatic rings. The van der Waals surface area contributed by atoms with Crippen LogP contribution in [0.1, 0.15) is 19.0 Å². The second-order valence-corrected chi connectivity index (χ2v) is 7.43. The molecular weight excluding hydrogens is 324 g/mol. The molecule has 6 nitrogen and oxygen atoms in total. The average molecular weight is 344 g/mol. The Morgan fingerprint density at radius 1 is 1.08 bits per heavy atom. The molecule has 0 spiro atoms. The van der Waals surface area contributed by atoms with Crippen molar-refractivity contribution in [3.63, 3.8) is 0 Å². The maximum atomic E-state index is 13.1. The molecule has 0 saturated heterocycles. The van der Waals surface area contributed by atoms with Crippen LogP contribution in [0.15, 0.2) is 53.8 Å². The fourth-order valence-electron chi connectivity index (χ4n) is 2.67. The Bertz CT molecular complexity index is 906. The van der Waals surface area contributed by atoms with E-state index < -0.39 is 10.0 Å². The van der Waals surface area contributed by atoms with Crippen molar-refractivity contribution in [3.8, 4) is 0 Å². The van der Waals surface area contributed by atoms with E-state index in [2.05, 4.69) is 15.0 Å². The summed E-state index contributed by atoms with van der Waals surface area (Å²) < 4.78 is 27.7. The van der Waals surface area contributed by atoms with Gasteiger partial charge in [-0.25, -0.2) is 13.4 Å². The number of sulfonamides is 1. The monoisotopic (exact) mass is 344 g/mol. The van der Waals surface area contributed by atoms with Crippen LogP contribution >= 0.6 is 0 Å². The Hall–Kier alpha value is -2.25. The van der Waals surface area contributed by atoms with Gasteiger partial charge in [-0.2, -0.15) is 4.31 Å². The number of nitrogens with zero attached hydrogens (tertiary/aromatic N) is 3. The molecule has 0 aliphatic rings. The average Bonchev–Trinajstić information content (AvgIpc) is 3.04. The zero-order valence-corrected chi connectivity index (χ0v) is 14.3. The number of H-pyrrole nitrogens is 1. The fraction of sp³-hybridized carbons (Fsp3) is 0.294. The lowest BCUT2D eigenvalue weighted by Crippen LogP contribution is -2.33. The summed E-state index contributed by atoms with van der Waals surface area (Å²) in [6, 6.07) is 9.18. The molecule has 0 aromatic carbocycles. The van der Waals surface area contributed by atoms with Crippen LogP contribution in [0.25, 0.3) is 11.0 Å². The summed E-state index contributed by atoms with van der Waals surface area (Å²) in [7, 11) is -3.58. The van der Waals surface area contributed by atoms with Gasteiger partial charge in [0.15, 0.2) is 0 Å². The van der Waals surface area contributed by atoms with E-state index in [1.807, 2.05) is 25.1 Å². The second kappa shape index (κ2) is 7.11. The third-order valence-electron chi connectivity index (χ3n) is 3.85. The van der Waals surface area contributed by atoms with Crippen molar-refractivity contribution in [2.45, 2.75) is 24.7 Å². The lowest BCUT2D eigenvalue weighted by atomic mass is 10.3.